The van der Waals surface area contributed by atoms with Gasteiger partial charge in [-0.15, -0.1) is 10.2 Å². The van der Waals surface area contributed by atoms with E-state index in [1.807, 2.05) is 55.5 Å². The number of hydrogen-bond acceptors (Lipinski definition) is 10. The van der Waals surface area contributed by atoms with Gasteiger partial charge in [-0.25, -0.2) is 14.3 Å². The highest BCUT2D eigenvalue weighted by Gasteiger charge is 2.19. The third kappa shape index (κ3) is 6.96. The zero-order valence-electron chi connectivity index (χ0n) is 23.4. The Hall–Kier alpha value is -5.30. The van der Waals surface area contributed by atoms with Gasteiger partial charge >= 0.3 is 11.9 Å². The molecule has 0 saturated carbocycles. The largest absolute Gasteiger partial charge is 0.463 e. The van der Waals surface area contributed by atoms with Crippen LogP contribution < -0.4 is 4.80 Å². The van der Waals surface area contributed by atoms with Crippen molar-refractivity contribution in [2.45, 2.75) is 26.8 Å². The lowest BCUT2D eigenvalue weighted by molar-refractivity contribution is -0.146. The first-order valence-corrected chi connectivity index (χ1v) is 14.3. The standard InChI is InChI=1S/C30H27N7O5S/c1-3-25-34-37(17-19-13-15-20(16-14-19)21-9-5-6-10-22(21)27-32-35-36-33-27)30(43-25)31-28(39)23-11-7-8-12-24(23)29(40)42-18-26(38)41-4-2/h5-16H,3-4,17-18H2,1-2H3,(H,32,33,35,36). The van der Waals surface area contributed by atoms with E-state index in [0.29, 0.717) is 23.6 Å². The molecule has 2 aromatic heterocycles. The van der Waals surface area contributed by atoms with Crippen molar-refractivity contribution in [3.63, 3.8) is 0 Å². The molecule has 3 aromatic carbocycles. The normalized spacial score (nSPS) is 11.3. The molecule has 5 aromatic rings. The van der Waals surface area contributed by atoms with E-state index in [4.69, 9.17) is 9.47 Å². The third-order valence-corrected chi connectivity index (χ3v) is 7.37. The van der Waals surface area contributed by atoms with Gasteiger partial charge in [0.25, 0.3) is 5.91 Å². The number of ether oxygens (including phenoxy) is 2. The molecule has 0 aliphatic carbocycles. The van der Waals surface area contributed by atoms with Crippen molar-refractivity contribution >= 4 is 29.2 Å². The summed E-state index contributed by atoms with van der Waals surface area (Å²) in [6, 6.07) is 22.0. The van der Waals surface area contributed by atoms with Crippen LogP contribution in [0, 0.1) is 0 Å². The molecule has 0 saturated heterocycles. The van der Waals surface area contributed by atoms with Crippen LogP contribution in [-0.2, 0) is 27.2 Å². The van der Waals surface area contributed by atoms with Crippen molar-refractivity contribution in [3.8, 4) is 22.5 Å². The quantitative estimate of drug-likeness (QED) is 0.236. The van der Waals surface area contributed by atoms with E-state index in [9.17, 15) is 14.4 Å². The molecule has 5 rings (SSSR count). The maximum atomic E-state index is 13.3. The predicted octanol–water partition coefficient (Wildman–Crippen LogP) is 3.86. The molecule has 0 radical (unpaired) electrons. The fraction of sp³-hybridized carbons (Fsp3) is 0.200. The molecule has 1 amide bonds. The average Bonchev–Trinajstić information content (AvgIpc) is 3.71. The molecule has 0 aliphatic rings. The van der Waals surface area contributed by atoms with Crippen LogP contribution in [0.15, 0.2) is 77.8 Å². The van der Waals surface area contributed by atoms with Crippen molar-refractivity contribution in [2.24, 2.45) is 4.99 Å². The summed E-state index contributed by atoms with van der Waals surface area (Å²) in [7, 11) is 0. The Morgan fingerprint density at radius 2 is 1.63 bits per heavy atom. The number of rotatable bonds is 10. The van der Waals surface area contributed by atoms with Crippen LogP contribution in [0.2, 0.25) is 0 Å². The highest BCUT2D eigenvalue weighted by molar-refractivity contribution is 7.08. The number of nitrogens with one attached hydrogen (secondary N) is 1. The summed E-state index contributed by atoms with van der Waals surface area (Å²) in [6.07, 6.45) is 0.664. The molecule has 12 nitrogen and oxygen atoms in total. The van der Waals surface area contributed by atoms with Crippen molar-refractivity contribution in [2.75, 3.05) is 13.2 Å². The monoisotopic (exact) mass is 597 g/mol. The maximum absolute atomic E-state index is 13.3. The lowest BCUT2D eigenvalue weighted by atomic mass is 9.98. The Bertz CT molecular complexity index is 1810. The van der Waals surface area contributed by atoms with Gasteiger partial charge in [0, 0.05) is 5.56 Å². The summed E-state index contributed by atoms with van der Waals surface area (Å²) in [5.41, 5.74) is 3.81. The van der Waals surface area contributed by atoms with Crippen LogP contribution in [0.4, 0.5) is 0 Å². The molecule has 2 heterocycles. The molecule has 43 heavy (non-hydrogen) atoms. The lowest BCUT2D eigenvalue weighted by Crippen LogP contribution is -2.21. The second-order valence-electron chi connectivity index (χ2n) is 9.11. The van der Waals surface area contributed by atoms with Gasteiger partial charge < -0.3 is 9.47 Å². The molecule has 1 N–H and O–H groups in total. The van der Waals surface area contributed by atoms with E-state index in [1.54, 1.807) is 23.7 Å². The zero-order valence-corrected chi connectivity index (χ0v) is 24.2. The highest BCUT2D eigenvalue weighted by atomic mass is 32.1. The van der Waals surface area contributed by atoms with Crippen LogP contribution >= 0.6 is 11.3 Å². The van der Waals surface area contributed by atoms with Crippen LogP contribution in [0.5, 0.6) is 0 Å². The van der Waals surface area contributed by atoms with Crippen molar-refractivity contribution < 1.29 is 23.9 Å². The summed E-state index contributed by atoms with van der Waals surface area (Å²) in [5.74, 6) is -1.61. The van der Waals surface area contributed by atoms with Gasteiger partial charge in [0.05, 0.1) is 24.3 Å². The minimum Gasteiger partial charge on any atom is -0.463 e. The number of aromatic amines is 1. The molecule has 0 unspecified atom stereocenters. The number of aromatic nitrogens is 6. The Morgan fingerprint density at radius 3 is 2.33 bits per heavy atom. The fourth-order valence-corrected chi connectivity index (χ4v) is 5.08. The van der Waals surface area contributed by atoms with Gasteiger partial charge in [-0.2, -0.15) is 15.3 Å². The van der Waals surface area contributed by atoms with E-state index < -0.39 is 24.5 Å². The predicted molar refractivity (Wildman–Crippen MR) is 157 cm³/mol. The Balaban J connectivity index is 1.38. The van der Waals surface area contributed by atoms with E-state index >= 15 is 0 Å². The Labute approximate surface area is 250 Å². The maximum Gasteiger partial charge on any atom is 0.344 e. The number of nitrogens with zero attached hydrogens (tertiary/aromatic N) is 6. The van der Waals surface area contributed by atoms with Gasteiger partial charge in [0.2, 0.25) is 10.6 Å². The minimum absolute atomic E-state index is 0.00372. The van der Waals surface area contributed by atoms with E-state index in [1.165, 1.54) is 23.5 Å². The van der Waals surface area contributed by atoms with Gasteiger partial charge in [-0.3, -0.25) is 4.79 Å². The van der Waals surface area contributed by atoms with E-state index in [0.717, 1.165) is 27.3 Å². The number of H-pyrrole nitrogens is 1. The number of hydrogen-bond donors (Lipinski definition) is 1. The van der Waals surface area contributed by atoms with Crippen LogP contribution in [0.3, 0.4) is 0 Å². The van der Waals surface area contributed by atoms with Crippen molar-refractivity contribution in [1.82, 2.24) is 30.4 Å². The molecular formula is C30H27N7O5S. The molecule has 0 spiro atoms. The Morgan fingerprint density at radius 1 is 0.907 bits per heavy atom. The molecule has 13 heteroatoms. The van der Waals surface area contributed by atoms with Gasteiger partial charge in [-0.05, 0) is 47.4 Å². The SMILES string of the molecule is CCOC(=O)COC(=O)c1ccccc1C(=O)N=c1sc(CC)nn1Cc1ccc(-c2ccccc2-c2nn[nH]n2)cc1. The van der Waals surface area contributed by atoms with E-state index in [-0.39, 0.29) is 17.7 Å². The highest BCUT2D eigenvalue weighted by Crippen LogP contribution is 2.29. The van der Waals surface area contributed by atoms with Gasteiger partial charge in [0.1, 0.15) is 5.01 Å². The number of amides is 1. The number of tetrazole rings is 1. The average molecular weight is 598 g/mol. The summed E-state index contributed by atoms with van der Waals surface area (Å²) in [4.78, 5) is 42.3. The lowest BCUT2D eigenvalue weighted by Gasteiger charge is -2.08. The first-order chi connectivity index (χ1) is 21.0. The molecule has 218 valence electrons. The van der Waals surface area contributed by atoms with Crippen LogP contribution in [-0.4, -0.2) is 61.5 Å². The van der Waals surface area contributed by atoms with Crippen LogP contribution in [0.25, 0.3) is 22.5 Å². The number of carbonyl (C=O) groups excluding carboxylic acids is 3. The molecule has 0 aliphatic heterocycles. The minimum atomic E-state index is -0.820. The molecule has 0 bridgehead atoms. The molecule has 0 atom stereocenters. The first-order valence-electron chi connectivity index (χ1n) is 13.5. The number of benzene rings is 3. The van der Waals surface area contributed by atoms with Gasteiger partial charge in [-0.1, -0.05) is 78.9 Å². The van der Waals surface area contributed by atoms with Crippen LogP contribution in [0.1, 0.15) is 45.1 Å². The summed E-state index contributed by atoms with van der Waals surface area (Å²) >= 11 is 1.30. The Kier molecular flexibility index (Phi) is 9.22. The second kappa shape index (κ2) is 13.6. The van der Waals surface area contributed by atoms with E-state index in [2.05, 4.69) is 30.7 Å². The second-order valence-corrected chi connectivity index (χ2v) is 10.2. The summed E-state index contributed by atoms with van der Waals surface area (Å²) in [6.45, 7) is 3.61. The van der Waals surface area contributed by atoms with Gasteiger partial charge in [0.15, 0.2) is 6.61 Å². The topological polar surface area (TPSA) is 154 Å². The molecule has 0 fully saturated rings. The third-order valence-electron chi connectivity index (χ3n) is 6.28. The number of carbonyl (C=O) groups is 3. The smallest absolute Gasteiger partial charge is 0.344 e. The summed E-state index contributed by atoms with van der Waals surface area (Å²) in [5, 5.41) is 19.8. The van der Waals surface area contributed by atoms with Crippen molar-refractivity contribution in [1.29, 1.82) is 0 Å². The first kappa shape index (κ1) is 29.2. The molecular weight excluding hydrogens is 570 g/mol. The number of esters is 2. The fourth-order valence-electron chi connectivity index (χ4n) is 4.25. The number of aryl methyl sites for hydroxylation is 1. The summed E-state index contributed by atoms with van der Waals surface area (Å²) < 4.78 is 11.5. The zero-order chi connectivity index (χ0) is 30.2. The van der Waals surface area contributed by atoms with Crippen molar-refractivity contribution in [3.05, 3.63) is 99.3 Å².